The van der Waals surface area contributed by atoms with Crippen LogP contribution in [0.5, 0.6) is 17.2 Å². The lowest BCUT2D eigenvalue weighted by atomic mass is 10.0. The monoisotopic (exact) mass is 413 g/mol. The molecule has 0 saturated carbocycles. The van der Waals surface area contributed by atoms with E-state index < -0.39 is 0 Å². The average Bonchev–Trinajstić information content (AvgIpc) is 2.79. The van der Waals surface area contributed by atoms with Gasteiger partial charge < -0.3 is 14.2 Å². The lowest BCUT2D eigenvalue weighted by Crippen LogP contribution is -2.11. The van der Waals surface area contributed by atoms with E-state index in [1.807, 2.05) is 49.4 Å². The average molecular weight is 413 g/mol. The molecule has 0 aliphatic heterocycles. The van der Waals surface area contributed by atoms with Gasteiger partial charge in [-0.25, -0.2) is 0 Å². The molecule has 3 rings (SSSR count). The van der Waals surface area contributed by atoms with Gasteiger partial charge in [0.05, 0.1) is 31.8 Å². The maximum atomic E-state index is 12.3. The first-order valence-electron chi connectivity index (χ1n) is 9.90. The van der Waals surface area contributed by atoms with Crippen LogP contribution in [-0.4, -0.2) is 19.7 Å². The molecule has 0 saturated heterocycles. The number of esters is 1. The minimum Gasteiger partial charge on any atom is -0.497 e. The second-order valence-corrected chi connectivity index (χ2v) is 6.70. The van der Waals surface area contributed by atoms with E-state index in [0.29, 0.717) is 17.9 Å². The van der Waals surface area contributed by atoms with E-state index in [1.54, 1.807) is 43.5 Å². The predicted molar refractivity (Wildman–Crippen MR) is 120 cm³/mol. The molecular formula is C26H23NO4. The number of benzene rings is 3. The van der Waals surface area contributed by atoms with Crippen LogP contribution in [0, 0.1) is 11.3 Å². The minimum atomic E-state index is -0.360. The van der Waals surface area contributed by atoms with Crippen LogP contribution in [0.25, 0.3) is 11.6 Å². The summed E-state index contributed by atoms with van der Waals surface area (Å²) in [6.07, 6.45) is 1.91. The van der Waals surface area contributed by atoms with Crippen molar-refractivity contribution in [2.75, 3.05) is 13.7 Å². The SMILES string of the molecule is CCOc1ccc(CC(=O)Oc2cccc(/C=C(/C#N)c3ccc(OC)cc3)c2)cc1. The van der Waals surface area contributed by atoms with Crippen molar-refractivity contribution >= 4 is 17.6 Å². The summed E-state index contributed by atoms with van der Waals surface area (Å²) in [5, 5.41) is 9.56. The fourth-order valence-corrected chi connectivity index (χ4v) is 2.99. The molecule has 0 radical (unpaired) electrons. The number of carbonyl (C=O) groups is 1. The molecule has 3 aromatic carbocycles. The highest BCUT2D eigenvalue weighted by atomic mass is 16.5. The van der Waals surface area contributed by atoms with Gasteiger partial charge in [0.25, 0.3) is 0 Å². The fraction of sp³-hybridized carbons (Fsp3) is 0.154. The maximum Gasteiger partial charge on any atom is 0.315 e. The Morgan fingerprint density at radius 3 is 2.32 bits per heavy atom. The third-order valence-corrected chi connectivity index (χ3v) is 4.51. The number of hydrogen-bond donors (Lipinski definition) is 0. The number of carbonyl (C=O) groups excluding carboxylic acids is 1. The van der Waals surface area contributed by atoms with Gasteiger partial charge in [-0.3, -0.25) is 4.79 Å². The quantitative estimate of drug-likeness (QED) is 0.217. The van der Waals surface area contributed by atoms with Gasteiger partial charge >= 0.3 is 5.97 Å². The summed E-state index contributed by atoms with van der Waals surface area (Å²) >= 11 is 0. The van der Waals surface area contributed by atoms with Crippen molar-refractivity contribution in [1.82, 2.24) is 0 Å². The molecule has 0 atom stereocenters. The Morgan fingerprint density at radius 1 is 0.968 bits per heavy atom. The maximum absolute atomic E-state index is 12.3. The molecule has 0 aromatic heterocycles. The number of nitrogens with zero attached hydrogens (tertiary/aromatic N) is 1. The van der Waals surface area contributed by atoms with Crippen LogP contribution in [0.15, 0.2) is 72.8 Å². The van der Waals surface area contributed by atoms with Gasteiger partial charge in [0.1, 0.15) is 17.2 Å². The van der Waals surface area contributed by atoms with E-state index in [-0.39, 0.29) is 12.4 Å². The molecule has 0 bridgehead atoms. The molecule has 5 heteroatoms. The lowest BCUT2D eigenvalue weighted by Gasteiger charge is -2.07. The van der Waals surface area contributed by atoms with Gasteiger partial charge in [0, 0.05) is 0 Å². The van der Waals surface area contributed by atoms with Crippen LogP contribution in [-0.2, 0) is 11.2 Å². The molecule has 0 heterocycles. The lowest BCUT2D eigenvalue weighted by molar-refractivity contribution is -0.133. The number of methoxy groups -OCH3 is 1. The summed E-state index contributed by atoms with van der Waals surface area (Å²) in [5.74, 6) is 1.56. The normalized spacial score (nSPS) is 10.8. The molecule has 156 valence electrons. The topological polar surface area (TPSA) is 68.5 Å². The van der Waals surface area contributed by atoms with E-state index in [2.05, 4.69) is 6.07 Å². The second kappa shape index (κ2) is 10.7. The highest BCUT2D eigenvalue weighted by molar-refractivity contribution is 5.90. The van der Waals surface area contributed by atoms with Crippen molar-refractivity contribution in [3.8, 4) is 23.3 Å². The zero-order valence-electron chi connectivity index (χ0n) is 17.5. The van der Waals surface area contributed by atoms with Crippen LogP contribution in [0.3, 0.4) is 0 Å². The molecule has 0 aliphatic carbocycles. The summed E-state index contributed by atoms with van der Waals surface area (Å²) in [6.45, 7) is 2.52. The van der Waals surface area contributed by atoms with E-state index in [1.165, 1.54) is 0 Å². The summed E-state index contributed by atoms with van der Waals surface area (Å²) in [5.41, 5.74) is 2.89. The molecule has 0 aliphatic rings. The Labute approximate surface area is 182 Å². The summed E-state index contributed by atoms with van der Waals surface area (Å²) in [4.78, 5) is 12.3. The highest BCUT2D eigenvalue weighted by Gasteiger charge is 2.08. The highest BCUT2D eigenvalue weighted by Crippen LogP contribution is 2.23. The summed E-state index contributed by atoms with van der Waals surface area (Å²) < 4.78 is 16.1. The summed E-state index contributed by atoms with van der Waals surface area (Å²) in [6, 6.07) is 23.9. The van der Waals surface area contributed by atoms with E-state index in [4.69, 9.17) is 14.2 Å². The molecule has 0 N–H and O–H groups in total. The molecule has 5 nitrogen and oxygen atoms in total. The first kappa shape index (κ1) is 21.7. The third kappa shape index (κ3) is 6.22. The first-order chi connectivity index (χ1) is 15.1. The van der Waals surface area contributed by atoms with Crippen molar-refractivity contribution < 1.29 is 19.0 Å². The molecule has 0 fully saturated rings. The number of rotatable bonds is 8. The number of hydrogen-bond acceptors (Lipinski definition) is 5. The Bertz CT molecular complexity index is 1090. The Hall–Kier alpha value is -4.04. The van der Waals surface area contributed by atoms with Crippen LogP contribution in [0.2, 0.25) is 0 Å². The van der Waals surface area contributed by atoms with Gasteiger partial charge in [-0.15, -0.1) is 0 Å². The fourth-order valence-electron chi connectivity index (χ4n) is 2.99. The van der Waals surface area contributed by atoms with Gasteiger partial charge in [0.15, 0.2) is 0 Å². The van der Waals surface area contributed by atoms with Crippen LogP contribution in [0.4, 0.5) is 0 Å². The standard InChI is InChI=1S/C26H23NO4/c1-3-30-24-11-7-19(8-12-24)17-26(28)31-25-6-4-5-20(16-25)15-22(18-27)21-9-13-23(29-2)14-10-21/h4-16H,3,17H2,1-2H3/b22-15-. The van der Waals surface area contributed by atoms with Gasteiger partial charge in [-0.05, 0) is 78.2 Å². The minimum absolute atomic E-state index is 0.155. The van der Waals surface area contributed by atoms with Gasteiger partial charge in [-0.2, -0.15) is 5.26 Å². The molecule has 0 spiro atoms. The van der Waals surface area contributed by atoms with Gasteiger partial charge in [-0.1, -0.05) is 24.3 Å². The molecule has 3 aromatic rings. The zero-order chi connectivity index (χ0) is 22.1. The number of ether oxygens (including phenoxy) is 3. The van der Waals surface area contributed by atoms with Crippen LogP contribution < -0.4 is 14.2 Å². The number of allylic oxidation sites excluding steroid dienone is 1. The van der Waals surface area contributed by atoms with Crippen molar-refractivity contribution in [3.63, 3.8) is 0 Å². The third-order valence-electron chi connectivity index (χ3n) is 4.51. The van der Waals surface area contributed by atoms with E-state index >= 15 is 0 Å². The van der Waals surface area contributed by atoms with Gasteiger partial charge in [0.2, 0.25) is 0 Å². The van der Waals surface area contributed by atoms with Crippen molar-refractivity contribution in [2.24, 2.45) is 0 Å². The van der Waals surface area contributed by atoms with Crippen LogP contribution >= 0.6 is 0 Å². The molecule has 31 heavy (non-hydrogen) atoms. The largest absolute Gasteiger partial charge is 0.497 e. The van der Waals surface area contributed by atoms with E-state index in [9.17, 15) is 10.1 Å². The van der Waals surface area contributed by atoms with Crippen molar-refractivity contribution in [3.05, 3.63) is 89.5 Å². The number of nitriles is 1. The predicted octanol–water partition coefficient (Wildman–Crippen LogP) is 5.31. The summed E-state index contributed by atoms with van der Waals surface area (Å²) in [7, 11) is 1.60. The smallest absolute Gasteiger partial charge is 0.315 e. The molecular weight excluding hydrogens is 390 g/mol. The molecule has 0 unspecified atom stereocenters. The van der Waals surface area contributed by atoms with E-state index in [0.717, 1.165) is 28.2 Å². The van der Waals surface area contributed by atoms with Crippen LogP contribution in [0.1, 0.15) is 23.6 Å². The Kier molecular flexibility index (Phi) is 7.45. The second-order valence-electron chi connectivity index (χ2n) is 6.70. The Balaban J connectivity index is 1.69. The van der Waals surface area contributed by atoms with Crippen molar-refractivity contribution in [2.45, 2.75) is 13.3 Å². The Morgan fingerprint density at radius 2 is 1.68 bits per heavy atom. The van der Waals surface area contributed by atoms with Crippen molar-refractivity contribution in [1.29, 1.82) is 5.26 Å². The first-order valence-corrected chi connectivity index (χ1v) is 9.90. The zero-order valence-corrected chi connectivity index (χ0v) is 17.5. The molecule has 0 amide bonds.